The Morgan fingerprint density at radius 2 is 1.77 bits per heavy atom. The van der Waals surface area contributed by atoms with Gasteiger partial charge in [-0.3, -0.25) is 14.8 Å². The molecule has 2 aliphatic rings. The van der Waals surface area contributed by atoms with Crippen molar-refractivity contribution in [2.75, 3.05) is 31.5 Å². The minimum absolute atomic E-state index is 0.00378. The van der Waals surface area contributed by atoms with E-state index in [0.29, 0.717) is 19.1 Å². The first-order chi connectivity index (χ1) is 15.0. The average Bonchev–Trinajstić information content (AvgIpc) is 2.76. The zero-order chi connectivity index (χ0) is 21.8. The molecule has 5 N–H and O–H groups in total. The number of hydrogen-bond donors (Lipinski definition) is 3. The van der Waals surface area contributed by atoms with Crippen molar-refractivity contribution in [2.45, 2.75) is 44.3 Å². The van der Waals surface area contributed by atoms with Gasteiger partial charge < -0.3 is 16.4 Å². The minimum Gasteiger partial charge on any atom is -0.328 e. The lowest BCUT2D eigenvalue weighted by atomic mass is 10.1. The molecule has 166 valence electrons. The zero-order valence-electron chi connectivity index (χ0n) is 17.7. The molecule has 1 unspecified atom stereocenters. The second kappa shape index (κ2) is 9.59. The molecule has 9 heteroatoms. The predicted molar refractivity (Wildman–Crippen MR) is 120 cm³/mol. The van der Waals surface area contributed by atoms with Gasteiger partial charge >= 0.3 is 11.7 Å². The van der Waals surface area contributed by atoms with Crippen molar-refractivity contribution in [1.82, 2.24) is 19.4 Å². The van der Waals surface area contributed by atoms with Crippen LogP contribution in [0.2, 0.25) is 0 Å². The van der Waals surface area contributed by atoms with Crippen LogP contribution in [0.25, 0.3) is 5.69 Å². The van der Waals surface area contributed by atoms with Gasteiger partial charge in [0.1, 0.15) is 5.82 Å². The highest BCUT2D eigenvalue weighted by atomic mass is 16.2. The molecule has 9 nitrogen and oxygen atoms in total. The molecule has 31 heavy (non-hydrogen) atoms. The number of likely N-dealkylation sites (tertiary alicyclic amines) is 2. The lowest BCUT2D eigenvalue weighted by Gasteiger charge is -2.30. The molecule has 1 aromatic heterocycles. The fourth-order valence-corrected chi connectivity index (χ4v) is 4.18. The fourth-order valence-electron chi connectivity index (χ4n) is 4.18. The Labute approximate surface area is 182 Å². The first kappa shape index (κ1) is 21.5. The van der Waals surface area contributed by atoms with Crippen LogP contribution in [0.1, 0.15) is 31.2 Å². The van der Waals surface area contributed by atoms with E-state index in [2.05, 4.69) is 15.2 Å². The molecule has 1 atom stereocenters. The van der Waals surface area contributed by atoms with Crippen molar-refractivity contribution >= 4 is 11.8 Å². The van der Waals surface area contributed by atoms with Gasteiger partial charge in [0.05, 0.1) is 5.69 Å². The maximum absolute atomic E-state index is 12.5. The van der Waals surface area contributed by atoms with Gasteiger partial charge in [-0.2, -0.15) is 4.98 Å². The first-order valence-corrected chi connectivity index (χ1v) is 11.0. The molecule has 2 aromatic rings. The maximum Gasteiger partial charge on any atom is 0.354 e. The number of anilines is 1. The Bertz CT molecular complexity index is 951. The quantitative estimate of drug-likeness (QED) is 0.674. The van der Waals surface area contributed by atoms with Crippen molar-refractivity contribution in [3.8, 4) is 5.69 Å². The SMILES string of the molecule is NC1CCN(Cc2ccc(-n3ccc(NC(=O)N4CCCC(N)C4)nc3=O)cc2)CC1. The molecule has 1 aromatic carbocycles. The van der Waals surface area contributed by atoms with E-state index in [1.807, 2.05) is 24.3 Å². The topological polar surface area (TPSA) is 123 Å². The Kier molecular flexibility index (Phi) is 6.64. The molecule has 2 aliphatic heterocycles. The Morgan fingerprint density at radius 3 is 2.45 bits per heavy atom. The average molecular weight is 426 g/mol. The van der Waals surface area contributed by atoms with Crippen molar-refractivity contribution < 1.29 is 4.79 Å². The van der Waals surface area contributed by atoms with E-state index in [-0.39, 0.29) is 17.9 Å². The van der Waals surface area contributed by atoms with Crippen LogP contribution in [0.4, 0.5) is 10.6 Å². The number of piperidine rings is 2. The van der Waals surface area contributed by atoms with Crippen molar-refractivity contribution in [3.05, 3.63) is 52.6 Å². The summed E-state index contributed by atoms with van der Waals surface area (Å²) in [6, 6.07) is 9.58. The molecule has 3 heterocycles. The van der Waals surface area contributed by atoms with Gasteiger partial charge in [0, 0.05) is 37.9 Å². The third-order valence-corrected chi connectivity index (χ3v) is 6.04. The number of nitrogens with two attached hydrogens (primary N) is 2. The molecule has 2 fully saturated rings. The van der Waals surface area contributed by atoms with Gasteiger partial charge in [-0.15, -0.1) is 0 Å². The Balaban J connectivity index is 1.38. The van der Waals surface area contributed by atoms with E-state index in [4.69, 9.17) is 11.5 Å². The largest absolute Gasteiger partial charge is 0.354 e. The number of benzene rings is 1. The van der Waals surface area contributed by atoms with E-state index < -0.39 is 5.69 Å². The highest BCUT2D eigenvalue weighted by molar-refractivity contribution is 5.88. The fraction of sp³-hybridized carbons (Fsp3) is 0.500. The van der Waals surface area contributed by atoms with E-state index in [9.17, 15) is 9.59 Å². The summed E-state index contributed by atoms with van der Waals surface area (Å²) in [4.78, 5) is 33.0. The van der Waals surface area contributed by atoms with Gasteiger partial charge in [-0.1, -0.05) is 12.1 Å². The second-order valence-electron chi connectivity index (χ2n) is 8.52. The monoisotopic (exact) mass is 425 g/mol. The number of nitrogens with one attached hydrogen (secondary N) is 1. The highest BCUT2D eigenvalue weighted by Gasteiger charge is 2.21. The molecular formula is C22H31N7O2. The Morgan fingerprint density at radius 1 is 1.03 bits per heavy atom. The third kappa shape index (κ3) is 5.49. The number of carbonyl (C=O) groups excluding carboxylic acids is 1. The van der Waals surface area contributed by atoms with Gasteiger partial charge in [0.25, 0.3) is 0 Å². The van der Waals surface area contributed by atoms with Crippen LogP contribution >= 0.6 is 0 Å². The van der Waals surface area contributed by atoms with Crippen LogP contribution in [-0.4, -0.2) is 63.6 Å². The second-order valence-corrected chi connectivity index (χ2v) is 8.52. The van der Waals surface area contributed by atoms with E-state index in [1.54, 1.807) is 17.2 Å². The molecule has 0 radical (unpaired) electrons. The standard InChI is InChI=1S/C22H31N7O2/c23-17-7-11-27(12-8-17)14-16-3-5-19(6-4-16)29-13-9-20(26-22(29)31)25-21(30)28-10-1-2-18(24)15-28/h3-6,9,13,17-18H,1-2,7-8,10-12,14-15,23-24H2,(H,25,26,30,31). The smallest absolute Gasteiger partial charge is 0.328 e. The lowest BCUT2D eigenvalue weighted by Crippen LogP contribution is -2.47. The molecule has 4 rings (SSSR count). The maximum atomic E-state index is 12.5. The summed E-state index contributed by atoms with van der Waals surface area (Å²) in [5, 5.41) is 2.70. The first-order valence-electron chi connectivity index (χ1n) is 11.0. The van der Waals surface area contributed by atoms with Crippen LogP contribution in [0.15, 0.2) is 41.3 Å². The van der Waals surface area contributed by atoms with Gasteiger partial charge in [-0.25, -0.2) is 9.59 Å². The summed E-state index contributed by atoms with van der Waals surface area (Å²) in [6.45, 7) is 4.09. The van der Waals surface area contributed by atoms with E-state index in [1.165, 1.54) is 10.1 Å². The molecule has 0 aliphatic carbocycles. The van der Waals surface area contributed by atoms with Crippen molar-refractivity contribution in [2.24, 2.45) is 11.5 Å². The number of urea groups is 1. The molecule has 0 bridgehead atoms. The predicted octanol–water partition coefficient (Wildman–Crippen LogP) is 1.11. The zero-order valence-corrected chi connectivity index (χ0v) is 17.7. The number of carbonyl (C=O) groups is 1. The van der Waals surface area contributed by atoms with Gasteiger partial charge in [-0.05, 0) is 62.5 Å². The summed E-state index contributed by atoms with van der Waals surface area (Å²) in [7, 11) is 0. The highest BCUT2D eigenvalue weighted by Crippen LogP contribution is 2.15. The third-order valence-electron chi connectivity index (χ3n) is 6.04. The summed E-state index contributed by atoms with van der Waals surface area (Å²) < 4.78 is 1.47. The number of amides is 2. The summed E-state index contributed by atoms with van der Waals surface area (Å²) in [5.74, 6) is 0.241. The number of hydrogen-bond acceptors (Lipinski definition) is 6. The molecular weight excluding hydrogens is 394 g/mol. The normalized spacial score (nSPS) is 20.6. The van der Waals surface area contributed by atoms with E-state index in [0.717, 1.165) is 51.0 Å². The Hall–Kier alpha value is -2.75. The van der Waals surface area contributed by atoms with Gasteiger partial charge in [0.15, 0.2) is 0 Å². The molecule has 0 spiro atoms. The number of rotatable bonds is 4. The summed E-state index contributed by atoms with van der Waals surface area (Å²) in [5.41, 5.74) is 13.4. The van der Waals surface area contributed by atoms with Crippen LogP contribution in [0.3, 0.4) is 0 Å². The van der Waals surface area contributed by atoms with Crippen LogP contribution in [-0.2, 0) is 6.54 Å². The van der Waals surface area contributed by atoms with Crippen molar-refractivity contribution in [1.29, 1.82) is 0 Å². The minimum atomic E-state index is -0.439. The van der Waals surface area contributed by atoms with E-state index >= 15 is 0 Å². The van der Waals surface area contributed by atoms with Crippen LogP contribution in [0, 0.1) is 0 Å². The molecule has 0 saturated carbocycles. The molecule has 2 saturated heterocycles. The number of aromatic nitrogens is 2. The number of nitrogens with zero attached hydrogens (tertiary/aromatic N) is 4. The van der Waals surface area contributed by atoms with Gasteiger partial charge in [0.2, 0.25) is 0 Å². The summed E-state index contributed by atoms with van der Waals surface area (Å²) in [6.07, 6.45) is 5.50. The molecule has 2 amide bonds. The van der Waals surface area contributed by atoms with Crippen LogP contribution < -0.4 is 22.5 Å². The summed E-state index contributed by atoms with van der Waals surface area (Å²) >= 11 is 0. The van der Waals surface area contributed by atoms with Crippen LogP contribution in [0.5, 0.6) is 0 Å². The lowest BCUT2D eigenvalue weighted by molar-refractivity contribution is 0.193. The van der Waals surface area contributed by atoms with Crippen molar-refractivity contribution in [3.63, 3.8) is 0 Å².